The minimum absolute atomic E-state index is 0.0352. The zero-order valence-corrected chi connectivity index (χ0v) is 36.4. The van der Waals surface area contributed by atoms with Gasteiger partial charge in [-0.25, -0.2) is 0 Å². The molecule has 0 saturated carbocycles. The first-order valence-electron chi connectivity index (χ1n) is 22.3. The number of benzene rings is 10. The standard InChI is InChI=1S/C62H48N2/c1-62(2,3)47-38-41-59(56(42-47)44-22-9-5-10-23-44)63(57-34-15-13-28-52(57)54-32-18-25-46-24-17-30-50(60(46)54)43-20-7-4-8-21-43)49-39-36-45(37-40-49)51-31-19-33-55-53-29-14-16-35-58(53)64(61(51)55)48-26-11-6-12-27-48/h4-42H,1-3H3. The third-order valence-corrected chi connectivity index (χ3v) is 12.8. The molecule has 2 heteroatoms. The summed E-state index contributed by atoms with van der Waals surface area (Å²) in [4.78, 5) is 2.49. The van der Waals surface area contributed by atoms with Crippen molar-refractivity contribution in [2.75, 3.05) is 4.90 Å². The highest BCUT2D eigenvalue weighted by Crippen LogP contribution is 2.48. The second-order valence-corrected chi connectivity index (χ2v) is 17.7. The average molecular weight is 821 g/mol. The van der Waals surface area contributed by atoms with E-state index in [-0.39, 0.29) is 5.41 Å². The smallest absolute Gasteiger partial charge is 0.0619 e. The van der Waals surface area contributed by atoms with Gasteiger partial charge in [0.1, 0.15) is 0 Å². The fourth-order valence-corrected chi connectivity index (χ4v) is 9.66. The van der Waals surface area contributed by atoms with Gasteiger partial charge in [-0.3, -0.25) is 0 Å². The van der Waals surface area contributed by atoms with E-state index in [2.05, 4.69) is 267 Å². The van der Waals surface area contributed by atoms with E-state index in [0.717, 1.165) is 33.9 Å². The molecule has 0 aliphatic rings. The molecule has 10 aromatic carbocycles. The van der Waals surface area contributed by atoms with Gasteiger partial charge in [0.2, 0.25) is 0 Å². The van der Waals surface area contributed by atoms with E-state index in [1.807, 2.05) is 0 Å². The number of aromatic nitrogens is 1. The van der Waals surface area contributed by atoms with E-state index >= 15 is 0 Å². The highest BCUT2D eigenvalue weighted by Gasteiger charge is 2.25. The quantitative estimate of drug-likeness (QED) is 0.148. The van der Waals surface area contributed by atoms with Crippen LogP contribution in [0.5, 0.6) is 0 Å². The van der Waals surface area contributed by atoms with Crippen molar-refractivity contribution < 1.29 is 0 Å². The zero-order valence-electron chi connectivity index (χ0n) is 36.4. The fourth-order valence-electron chi connectivity index (χ4n) is 9.66. The summed E-state index contributed by atoms with van der Waals surface area (Å²) in [6.07, 6.45) is 0. The van der Waals surface area contributed by atoms with Gasteiger partial charge in [-0.1, -0.05) is 209 Å². The third-order valence-electron chi connectivity index (χ3n) is 12.8. The topological polar surface area (TPSA) is 8.17 Å². The van der Waals surface area contributed by atoms with Gasteiger partial charge < -0.3 is 9.47 Å². The summed E-state index contributed by atoms with van der Waals surface area (Å²) < 4.78 is 2.42. The first-order chi connectivity index (χ1) is 31.4. The van der Waals surface area contributed by atoms with Crippen molar-refractivity contribution in [3.05, 3.63) is 242 Å². The van der Waals surface area contributed by atoms with E-state index in [1.165, 1.54) is 71.5 Å². The number of para-hydroxylation sites is 4. The molecule has 64 heavy (non-hydrogen) atoms. The lowest BCUT2D eigenvalue weighted by atomic mass is 9.84. The van der Waals surface area contributed by atoms with Crippen molar-refractivity contribution in [3.63, 3.8) is 0 Å². The predicted octanol–water partition coefficient (Wildman–Crippen LogP) is 17.4. The molecule has 0 atom stereocenters. The summed E-state index contributed by atoms with van der Waals surface area (Å²) >= 11 is 0. The number of fused-ring (bicyclic) bond motifs is 4. The highest BCUT2D eigenvalue weighted by atomic mass is 15.1. The molecule has 0 fully saturated rings. The normalized spacial score (nSPS) is 11.7. The Balaban J connectivity index is 1.15. The summed E-state index contributed by atoms with van der Waals surface area (Å²) in [5.74, 6) is 0. The molecule has 0 aliphatic heterocycles. The molecule has 1 aromatic heterocycles. The van der Waals surface area contributed by atoms with Crippen molar-refractivity contribution in [3.8, 4) is 50.2 Å². The van der Waals surface area contributed by atoms with Gasteiger partial charge in [0.15, 0.2) is 0 Å². The summed E-state index contributed by atoms with van der Waals surface area (Å²) in [6, 6.07) is 86.5. The maximum Gasteiger partial charge on any atom is 0.0619 e. The Morgan fingerprint density at radius 2 is 0.906 bits per heavy atom. The molecule has 11 rings (SSSR count). The van der Waals surface area contributed by atoms with Crippen LogP contribution in [-0.4, -0.2) is 4.57 Å². The molecule has 1 heterocycles. The molecule has 0 saturated heterocycles. The van der Waals surface area contributed by atoms with E-state index < -0.39 is 0 Å². The van der Waals surface area contributed by atoms with Crippen molar-refractivity contribution in [1.82, 2.24) is 4.57 Å². The van der Waals surface area contributed by atoms with Crippen LogP contribution in [0.3, 0.4) is 0 Å². The largest absolute Gasteiger partial charge is 0.309 e. The Kier molecular flexibility index (Phi) is 9.78. The summed E-state index contributed by atoms with van der Waals surface area (Å²) in [5, 5.41) is 4.95. The first-order valence-corrected chi connectivity index (χ1v) is 22.3. The van der Waals surface area contributed by atoms with Crippen LogP contribution in [0.4, 0.5) is 17.1 Å². The Morgan fingerprint density at radius 3 is 1.62 bits per heavy atom. The molecule has 0 N–H and O–H groups in total. The van der Waals surface area contributed by atoms with E-state index in [4.69, 9.17) is 0 Å². The third kappa shape index (κ3) is 6.85. The van der Waals surface area contributed by atoms with E-state index in [1.54, 1.807) is 0 Å². The van der Waals surface area contributed by atoms with Crippen LogP contribution < -0.4 is 4.90 Å². The van der Waals surface area contributed by atoms with Crippen LogP contribution in [0.2, 0.25) is 0 Å². The Labute approximate surface area is 376 Å². The number of anilines is 3. The Morgan fingerprint density at radius 1 is 0.375 bits per heavy atom. The molecule has 2 nitrogen and oxygen atoms in total. The zero-order chi connectivity index (χ0) is 43.2. The first kappa shape index (κ1) is 38.9. The molecule has 0 bridgehead atoms. The molecule has 0 aliphatic carbocycles. The molecule has 0 radical (unpaired) electrons. The molecular weight excluding hydrogens is 773 g/mol. The highest BCUT2D eigenvalue weighted by molar-refractivity contribution is 6.14. The number of nitrogens with zero attached hydrogens (tertiary/aromatic N) is 2. The minimum Gasteiger partial charge on any atom is -0.309 e. The number of rotatable bonds is 8. The van der Waals surface area contributed by atoms with Crippen LogP contribution >= 0.6 is 0 Å². The maximum atomic E-state index is 2.49. The van der Waals surface area contributed by atoms with Crippen molar-refractivity contribution in [2.45, 2.75) is 26.2 Å². The number of hydrogen-bond acceptors (Lipinski definition) is 1. The maximum absolute atomic E-state index is 2.49. The summed E-state index contributed by atoms with van der Waals surface area (Å²) in [5.41, 5.74) is 17.6. The van der Waals surface area contributed by atoms with Gasteiger partial charge in [-0.15, -0.1) is 0 Å². The fraction of sp³-hybridized carbons (Fsp3) is 0.0645. The van der Waals surface area contributed by atoms with Gasteiger partial charge in [0.05, 0.1) is 22.4 Å². The van der Waals surface area contributed by atoms with Crippen molar-refractivity contribution in [2.24, 2.45) is 0 Å². The van der Waals surface area contributed by atoms with Crippen LogP contribution in [0.15, 0.2) is 237 Å². The lowest BCUT2D eigenvalue weighted by molar-refractivity contribution is 0.590. The lowest BCUT2D eigenvalue weighted by Crippen LogP contribution is -2.15. The Hall–Kier alpha value is -7.94. The van der Waals surface area contributed by atoms with Crippen LogP contribution in [0.1, 0.15) is 26.3 Å². The minimum atomic E-state index is -0.0352. The average Bonchev–Trinajstić information content (AvgIpc) is 3.69. The monoisotopic (exact) mass is 820 g/mol. The van der Waals surface area contributed by atoms with E-state index in [9.17, 15) is 0 Å². The van der Waals surface area contributed by atoms with E-state index in [0.29, 0.717) is 0 Å². The van der Waals surface area contributed by atoms with Gasteiger partial charge in [0.25, 0.3) is 0 Å². The number of hydrogen-bond donors (Lipinski definition) is 0. The molecule has 0 amide bonds. The van der Waals surface area contributed by atoms with Crippen molar-refractivity contribution in [1.29, 1.82) is 0 Å². The van der Waals surface area contributed by atoms with Gasteiger partial charge in [-0.05, 0) is 98.1 Å². The van der Waals surface area contributed by atoms with Crippen LogP contribution in [0, 0.1) is 0 Å². The van der Waals surface area contributed by atoms with Crippen LogP contribution in [0.25, 0.3) is 82.8 Å². The predicted molar refractivity (Wildman–Crippen MR) is 273 cm³/mol. The molecule has 306 valence electrons. The van der Waals surface area contributed by atoms with Gasteiger partial charge in [-0.2, -0.15) is 0 Å². The Bertz CT molecular complexity index is 3440. The SMILES string of the molecule is CC(C)(C)c1ccc(N(c2ccc(-c3cccc4c5ccccc5n(-c5ccccc5)c34)cc2)c2ccccc2-c2cccc3cccc(-c4ccccc4)c23)c(-c2ccccc2)c1. The van der Waals surface area contributed by atoms with Crippen molar-refractivity contribution >= 4 is 49.6 Å². The van der Waals surface area contributed by atoms with Gasteiger partial charge >= 0.3 is 0 Å². The lowest BCUT2D eigenvalue weighted by Gasteiger charge is -2.31. The summed E-state index contributed by atoms with van der Waals surface area (Å²) in [7, 11) is 0. The molecule has 0 unspecified atom stereocenters. The molecule has 11 aromatic rings. The second-order valence-electron chi connectivity index (χ2n) is 17.7. The molecular formula is C62H48N2. The van der Waals surface area contributed by atoms with Crippen LogP contribution in [-0.2, 0) is 5.41 Å². The summed E-state index contributed by atoms with van der Waals surface area (Å²) in [6.45, 7) is 6.89. The second kappa shape index (κ2) is 16.1. The molecule has 0 spiro atoms. The van der Waals surface area contributed by atoms with Gasteiger partial charge in [0, 0.05) is 38.8 Å².